The van der Waals surface area contributed by atoms with Crippen molar-refractivity contribution in [1.29, 1.82) is 0 Å². The minimum atomic E-state index is -0.260. The molecule has 2 heterocycles. The third-order valence-corrected chi connectivity index (χ3v) is 5.66. The molecule has 1 amide bonds. The Labute approximate surface area is 153 Å². The van der Waals surface area contributed by atoms with Crippen LogP contribution in [-0.4, -0.2) is 37.6 Å². The quantitative estimate of drug-likeness (QED) is 0.921. The SMILES string of the molecule is COc1ccc(C(=O)N2C[C@@H]3CNC[C@@H]3[C@H]2c2cccc(F)c2)cc1C. The van der Waals surface area contributed by atoms with Crippen molar-refractivity contribution in [3.05, 3.63) is 65.0 Å². The first-order chi connectivity index (χ1) is 12.6. The number of benzene rings is 2. The highest BCUT2D eigenvalue weighted by atomic mass is 19.1. The molecule has 2 saturated heterocycles. The van der Waals surface area contributed by atoms with E-state index in [0.717, 1.165) is 30.0 Å². The van der Waals surface area contributed by atoms with Crippen LogP contribution in [0.1, 0.15) is 27.5 Å². The fraction of sp³-hybridized carbons (Fsp3) is 0.381. The van der Waals surface area contributed by atoms with Gasteiger partial charge in [0.05, 0.1) is 13.2 Å². The zero-order chi connectivity index (χ0) is 18.3. The molecule has 4 rings (SSSR count). The molecule has 0 bridgehead atoms. The molecule has 136 valence electrons. The van der Waals surface area contributed by atoms with Gasteiger partial charge in [0.2, 0.25) is 0 Å². The Morgan fingerprint density at radius 3 is 2.81 bits per heavy atom. The molecule has 2 aliphatic rings. The number of aryl methyl sites for hydroxylation is 1. The van der Waals surface area contributed by atoms with Crippen molar-refractivity contribution in [1.82, 2.24) is 10.2 Å². The first kappa shape index (κ1) is 17.0. The van der Waals surface area contributed by atoms with Gasteiger partial charge < -0.3 is 15.0 Å². The first-order valence-electron chi connectivity index (χ1n) is 9.00. The number of carbonyl (C=O) groups is 1. The predicted octanol–water partition coefficient (Wildman–Crippen LogP) is 3.18. The van der Waals surface area contributed by atoms with Crippen molar-refractivity contribution in [2.75, 3.05) is 26.7 Å². The van der Waals surface area contributed by atoms with Crippen molar-refractivity contribution in [3.63, 3.8) is 0 Å². The molecule has 0 radical (unpaired) electrons. The highest BCUT2D eigenvalue weighted by Gasteiger charge is 2.46. The Hall–Kier alpha value is -2.40. The van der Waals surface area contributed by atoms with Gasteiger partial charge in [0.15, 0.2) is 0 Å². The standard InChI is InChI=1S/C21H23FN2O2/c1-13-8-15(6-7-19(13)26-2)21(25)24-12-16-10-23-11-18(16)20(24)14-4-3-5-17(22)9-14/h3-9,16,18,20,23H,10-12H2,1-2H3/t16-,18-,20+/m0/s1. The van der Waals surface area contributed by atoms with Crippen LogP contribution in [0.25, 0.3) is 0 Å². The summed E-state index contributed by atoms with van der Waals surface area (Å²) in [6.45, 7) is 4.39. The van der Waals surface area contributed by atoms with Gasteiger partial charge in [-0.05, 0) is 54.3 Å². The molecule has 4 nitrogen and oxygen atoms in total. The Bertz CT molecular complexity index is 839. The smallest absolute Gasteiger partial charge is 0.254 e. The van der Waals surface area contributed by atoms with E-state index < -0.39 is 0 Å². The topological polar surface area (TPSA) is 41.6 Å². The van der Waals surface area contributed by atoms with E-state index in [4.69, 9.17) is 4.74 Å². The summed E-state index contributed by atoms with van der Waals surface area (Å²) < 4.78 is 19.1. The largest absolute Gasteiger partial charge is 0.496 e. The Balaban J connectivity index is 1.69. The number of rotatable bonds is 3. The number of ether oxygens (including phenoxy) is 1. The van der Waals surface area contributed by atoms with Crippen LogP contribution in [0.3, 0.4) is 0 Å². The van der Waals surface area contributed by atoms with E-state index in [1.165, 1.54) is 6.07 Å². The summed E-state index contributed by atoms with van der Waals surface area (Å²) in [5, 5.41) is 3.41. The van der Waals surface area contributed by atoms with Crippen molar-refractivity contribution >= 4 is 5.91 Å². The molecule has 0 saturated carbocycles. The van der Waals surface area contributed by atoms with Crippen LogP contribution < -0.4 is 10.1 Å². The lowest BCUT2D eigenvalue weighted by Crippen LogP contribution is -2.34. The monoisotopic (exact) mass is 354 g/mol. The highest BCUT2D eigenvalue weighted by molar-refractivity contribution is 5.95. The number of halogens is 1. The number of nitrogens with one attached hydrogen (secondary N) is 1. The van der Waals surface area contributed by atoms with Gasteiger partial charge in [-0.2, -0.15) is 0 Å². The molecule has 3 atom stereocenters. The molecule has 5 heteroatoms. The average Bonchev–Trinajstić information content (AvgIpc) is 3.21. The van der Waals surface area contributed by atoms with E-state index in [9.17, 15) is 9.18 Å². The molecule has 0 unspecified atom stereocenters. The second kappa shape index (κ2) is 6.72. The van der Waals surface area contributed by atoms with E-state index in [1.54, 1.807) is 19.2 Å². The van der Waals surface area contributed by atoms with Crippen molar-refractivity contribution < 1.29 is 13.9 Å². The lowest BCUT2D eigenvalue weighted by atomic mass is 9.89. The summed E-state index contributed by atoms with van der Waals surface area (Å²) in [6, 6.07) is 12.1. The number of hydrogen-bond donors (Lipinski definition) is 1. The normalized spacial score (nSPS) is 24.6. The lowest BCUT2D eigenvalue weighted by Gasteiger charge is -2.28. The number of amides is 1. The molecule has 0 aromatic heterocycles. The predicted molar refractivity (Wildman–Crippen MR) is 97.8 cm³/mol. The zero-order valence-corrected chi connectivity index (χ0v) is 15.0. The van der Waals surface area contributed by atoms with E-state index in [-0.39, 0.29) is 17.8 Å². The van der Waals surface area contributed by atoms with Crippen LogP contribution in [0, 0.1) is 24.6 Å². The van der Waals surface area contributed by atoms with E-state index in [1.807, 2.05) is 36.1 Å². The molecule has 2 aromatic carbocycles. The van der Waals surface area contributed by atoms with Crippen LogP contribution >= 0.6 is 0 Å². The third-order valence-electron chi connectivity index (χ3n) is 5.66. The van der Waals surface area contributed by atoms with Crippen LogP contribution in [0.4, 0.5) is 4.39 Å². The van der Waals surface area contributed by atoms with Crippen molar-refractivity contribution in [2.45, 2.75) is 13.0 Å². The average molecular weight is 354 g/mol. The summed E-state index contributed by atoms with van der Waals surface area (Å²) in [7, 11) is 1.62. The first-order valence-corrected chi connectivity index (χ1v) is 9.00. The number of methoxy groups -OCH3 is 1. The fourth-order valence-electron chi connectivity index (χ4n) is 4.42. The number of likely N-dealkylation sites (tertiary alicyclic amines) is 1. The number of fused-ring (bicyclic) bond motifs is 1. The van der Waals surface area contributed by atoms with E-state index in [0.29, 0.717) is 23.9 Å². The van der Waals surface area contributed by atoms with Crippen LogP contribution in [-0.2, 0) is 0 Å². The maximum Gasteiger partial charge on any atom is 0.254 e. The Morgan fingerprint density at radius 1 is 1.23 bits per heavy atom. The van der Waals surface area contributed by atoms with Gasteiger partial charge in [-0.3, -0.25) is 4.79 Å². The maximum absolute atomic E-state index is 13.8. The molecule has 2 fully saturated rings. The van der Waals surface area contributed by atoms with E-state index in [2.05, 4.69) is 5.32 Å². The second-order valence-corrected chi connectivity index (χ2v) is 7.22. The maximum atomic E-state index is 13.8. The third kappa shape index (κ3) is 2.86. The fourth-order valence-corrected chi connectivity index (χ4v) is 4.42. The summed E-state index contributed by atoms with van der Waals surface area (Å²) in [4.78, 5) is 15.2. The summed E-state index contributed by atoms with van der Waals surface area (Å²) >= 11 is 0. The molecular formula is C21H23FN2O2. The van der Waals surface area contributed by atoms with Gasteiger partial charge >= 0.3 is 0 Å². The summed E-state index contributed by atoms with van der Waals surface area (Å²) in [5.74, 6) is 1.24. The van der Waals surface area contributed by atoms with Gasteiger partial charge in [0, 0.05) is 31.1 Å². The molecule has 0 aliphatic carbocycles. The van der Waals surface area contributed by atoms with Gasteiger partial charge in [0.1, 0.15) is 11.6 Å². The van der Waals surface area contributed by atoms with Gasteiger partial charge in [-0.15, -0.1) is 0 Å². The van der Waals surface area contributed by atoms with Gasteiger partial charge in [0.25, 0.3) is 5.91 Å². The van der Waals surface area contributed by atoms with Crippen LogP contribution in [0.5, 0.6) is 5.75 Å². The number of hydrogen-bond acceptors (Lipinski definition) is 3. The van der Waals surface area contributed by atoms with Crippen LogP contribution in [0.2, 0.25) is 0 Å². The zero-order valence-electron chi connectivity index (χ0n) is 15.0. The molecule has 0 spiro atoms. The summed E-state index contributed by atoms with van der Waals surface area (Å²) in [5.41, 5.74) is 2.46. The second-order valence-electron chi connectivity index (χ2n) is 7.22. The van der Waals surface area contributed by atoms with Crippen molar-refractivity contribution in [2.24, 2.45) is 11.8 Å². The van der Waals surface area contributed by atoms with E-state index >= 15 is 0 Å². The molecular weight excluding hydrogens is 331 g/mol. The lowest BCUT2D eigenvalue weighted by molar-refractivity contribution is 0.0713. The van der Waals surface area contributed by atoms with Crippen LogP contribution in [0.15, 0.2) is 42.5 Å². The minimum absolute atomic E-state index is 0.000542. The molecule has 2 aromatic rings. The molecule has 26 heavy (non-hydrogen) atoms. The summed E-state index contributed by atoms with van der Waals surface area (Å²) in [6.07, 6.45) is 0. The Morgan fingerprint density at radius 2 is 2.08 bits per heavy atom. The van der Waals surface area contributed by atoms with Crippen molar-refractivity contribution in [3.8, 4) is 5.75 Å². The number of nitrogens with zero attached hydrogens (tertiary/aromatic N) is 1. The van der Waals surface area contributed by atoms with Gasteiger partial charge in [-0.25, -0.2) is 4.39 Å². The molecule has 2 aliphatic heterocycles. The number of carbonyl (C=O) groups excluding carboxylic acids is 1. The Kier molecular flexibility index (Phi) is 4.41. The van der Waals surface area contributed by atoms with Gasteiger partial charge in [-0.1, -0.05) is 12.1 Å². The molecule has 1 N–H and O–H groups in total. The highest BCUT2D eigenvalue weighted by Crippen LogP contribution is 2.43. The minimum Gasteiger partial charge on any atom is -0.496 e.